The van der Waals surface area contributed by atoms with Gasteiger partial charge in [-0.25, -0.2) is 10.8 Å². The Bertz CT molecular complexity index is 838. The summed E-state index contributed by atoms with van der Waals surface area (Å²) in [4.78, 5) is 4.15. The second kappa shape index (κ2) is 5.47. The highest BCUT2D eigenvalue weighted by Crippen LogP contribution is 2.45. The van der Waals surface area contributed by atoms with Crippen LogP contribution in [0.5, 0.6) is 0 Å². The summed E-state index contributed by atoms with van der Waals surface area (Å²) < 4.78 is 39.2. The highest BCUT2D eigenvalue weighted by Gasteiger charge is 2.45. The number of hydrazine groups is 1. The third kappa shape index (κ3) is 2.45. The fraction of sp³-hybridized carbons (Fsp3) is 0.188. The SMILES string of the molecule is CC1=Nc2ccc(C(F)(F)F)cc2C(O)(c2ccccc2Cl)N1N. The molecule has 0 bridgehead atoms. The van der Waals surface area contributed by atoms with Gasteiger partial charge in [-0.05, 0) is 31.2 Å². The van der Waals surface area contributed by atoms with Crippen LogP contribution in [0.4, 0.5) is 18.9 Å². The van der Waals surface area contributed by atoms with Crippen LogP contribution in [-0.2, 0) is 11.9 Å². The minimum Gasteiger partial charge on any atom is -0.362 e. The average Bonchev–Trinajstić information content (AvgIpc) is 2.52. The van der Waals surface area contributed by atoms with Crippen LogP contribution in [0.3, 0.4) is 0 Å². The minimum absolute atomic E-state index is 0.0847. The van der Waals surface area contributed by atoms with Crippen molar-refractivity contribution in [3.63, 3.8) is 0 Å². The summed E-state index contributed by atoms with van der Waals surface area (Å²) in [6.07, 6.45) is -4.56. The van der Waals surface area contributed by atoms with E-state index < -0.39 is 17.5 Å². The van der Waals surface area contributed by atoms with Gasteiger partial charge in [0.05, 0.1) is 11.3 Å². The van der Waals surface area contributed by atoms with Crippen LogP contribution in [0.1, 0.15) is 23.6 Å². The highest BCUT2D eigenvalue weighted by atomic mass is 35.5. The largest absolute Gasteiger partial charge is 0.416 e. The number of aliphatic hydroxyl groups is 1. The van der Waals surface area contributed by atoms with Crippen molar-refractivity contribution < 1.29 is 18.3 Å². The number of rotatable bonds is 1. The lowest BCUT2D eigenvalue weighted by Gasteiger charge is -2.42. The molecule has 8 heteroatoms. The lowest BCUT2D eigenvalue weighted by Crippen LogP contribution is -2.55. The Morgan fingerprint density at radius 2 is 1.83 bits per heavy atom. The zero-order valence-corrected chi connectivity index (χ0v) is 13.2. The summed E-state index contributed by atoms with van der Waals surface area (Å²) in [6, 6.07) is 9.25. The molecule has 1 aliphatic rings. The molecular formula is C16H13ClF3N3O. The van der Waals surface area contributed by atoms with Gasteiger partial charge in [0.2, 0.25) is 5.72 Å². The van der Waals surface area contributed by atoms with Crippen LogP contribution in [0.25, 0.3) is 0 Å². The summed E-state index contributed by atoms with van der Waals surface area (Å²) >= 11 is 6.15. The molecule has 1 aliphatic heterocycles. The molecule has 24 heavy (non-hydrogen) atoms. The number of nitrogens with two attached hydrogens (primary N) is 1. The van der Waals surface area contributed by atoms with Gasteiger partial charge < -0.3 is 5.11 Å². The van der Waals surface area contributed by atoms with E-state index in [0.29, 0.717) is 0 Å². The predicted molar refractivity (Wildman–Crippen MR) is 84.7 cm³/mol. The smallest absolute Gasteiger partial charge is 0.362 e. The van der Waals surface area contributed by atoms with E-state index in [2.05, 4.69) is 4.99 Å². The zero-order valence-electron chi connectivity index (χ0n) is 12.5. The van der Waals surface area contributed by atoms with Crippen molar-refractivity contribution in [3.05, 3.63) is 64.2 Å². The van der Waals surface area contributed by atoms with Crippen LogP contribution < -0.4 is 5.84 Å². The number of hydrogen-bond acceptors (Lipinski definition) is 4. The molecule has 0 amide bonds. The topological polar surface area (TPSA) is 61.9 Å². The Morgan fingerprint density at radius 3 is 2.46 bits per heavy atom. The first kappa shape index (κ1) is 16.8. The Morgan fingerprint density at radius 1 is 1.17 bits per heavy atom. The van der Waals surface area contributed by atoms with E-state index in [1.54, 1.807) is 19.1 Å². The number of halogens is 4. The maximum atomic E-state index is 13.1. The van der Waals surface area contributed by atoms with Crippen molar-refractivity contribution in [1.82, 2.24) is 5.01 Å². The van der Waals surface area contributed by atoms with E-state index in [1.165, 1.54) is 18.2 Å². The zero-order chi connectivity index (χ0) is 17.7. The van der Waals surface area contributed by atoms with Crippen molar-refractivity contribution in [2.45, 2.75) is 18.8 Å². The van der Waals surface area contributed by atoms with Crippen LogP contribution in [0, 0.1) is 0 Å². The number of amidine groups is 1. The molecule has 2 aromatic carbocycles. The molecule has 3 N–H and O–H groups in total. The second-order valence-electron chi connectivity index (χ2n) is 5.41. The lowest BCUT2D eigenvalue weighted by atomic mass is 9.89. The van der Waals surface area contributed by atoms with Crippen LogP contribution in [-0.4, -0.2) is 16.0 Å². The number of aliphatic imine (C=N–C) groups is 1. The molecule has 1 unspecified atom stereocenters. The predicted octanol–water partition coefficient (Wildman–Crippen LogP) is 3.79. The standard InChI is InChI=1S/C16H13ClF3N3O/c1-9-22-14-7-6-10(16(18,19)20)8-12(14)15(24,23(9)21)11-4-2-3-5-13(11)17/h2-8,24H,21H2,1H3. The van der Waals surface area contributed by atoms with E-state index >= 15 is 0 Å². The summed E-state index contributed by atoms with van der Waals surface area (Å²) in [6.45, 7) is 1.54. The molecule has 0 aromatic heterocycles. The minimum atomic E-state index is -4.56. The first-order valence-electron chi connectivity index (χ1n) is 6.95. The van der Waals surface area contributed by atoms with Gasteiger partial charge in [0.1, 0.15) is 5.84 Å². The fourth-order valence-electron chi connectivity index (χ4n) is 2.70. The van der Waals surface area contributed by atoms with Gasteiger partial charge in [0.15, 0.2) is 0 Å². The van der Waals surface area contributed by atoms with E-state index in [1.807, 2.05) is 0 Å². The van der Waals surface area contributed by atoms with Crippen LogP contribution >= 0.6 is 11.6 Å². The molecular weight excluding hydrogens is 343 g/mol. The van der Waals surface area contributed by atoms with Gasteiger partial charge in [0.25, 0.3) is 0 Å². The number of alkyl halides is 3. The summed E-state index contributed by atoms with van der Waals surface area (Å²) in [5.41, 5.74) is -2.69. The third-order valence-electron chi connectivity index (χ3n) is 3.93. The fourth-order valence-corrected chi connectivity index (χ4v) is 2.97. The molecule has 126 valence electrons. The monoisotopic (exact) mass is 355 g/mol. The van der Waals surface area contributed by atoms with Gasteiger partial charge in [0, 0.05) is 16.1 Å². The second-order valence-corrected chi connectivity index (χ2v) is 5.82. The number of nitrogens with zero attached hydrogens (tertiary/aromatic N) is 2. The quantitative estimate of drug-likeness (QED) is 0.765. The van der Waals surface area contributed by atoms with E-state index in [-0.39, 0.29) is 27.7 Å². The third-order valence-corrected chi connectivity index (χ3v) is 4.26. The Kier molecular flexibility index (Phi) is 3.82. The first-order chi connectivity index (χ1) is 11.2. The van der Waals surface area contributed by atoms with Crippen molar-refractivity contribution >= 4 is 23.1 Å². The molecule has 2 aromatic rings. The normalized spacial score (nSPS) is 20.6. The molecule has 0 spiro atoms. The molecule has 0 radical (unpaired) electrons. The molecule has 0 saturated heterocycles. The summed E-state index contributed by atoms with van der Waals surface area (Å²) in [7, 11) is 0. The van der Waals surface area contributed by atoms with Crippen molar-refractivity contribution in [1.29, 1.82) is 0 Å². The number of fused-ring (bicyclic) bond motifs is 1. The van der Waals surface area contributed by atoms with Gasteiger partial charge in [-0.3, -0.25) is 5.01 Å². The Labute approximate surface area is 141 Å². The lowest BCUT2D eigenvalue weighted by molar-refractivity contribution is -0.137. The Balaban J connectivity index is 2.32. The molecule has 0 aliphatic carbocycles. The molecule has 1 heterocycles. The maximum Gasteiger partial charge on any atom is 0.416 e. The molecule has 0 saturated carbocycles. The van der Waals surface area contributed by atoms with Crippen LogP contribution in [0.2, 0.25) is 5.02 Å². The molecule has 0 fully saturated rings. The Hall–Kier alpha value is -2.09. The van der Waals surface area contributed by atoms with E-state index in [4.69, 9.17) is 17.4 Å². The highest BCUT2D eigenvalue weighted by molar-refractivity contribution is 6.31. The average molecular weight is 356 g/mol. The van der Waals surface area contributed by atoms with Crippen LogP contribution in [0.15, 0.2) is 47.5 Å². The van der Waals surface area contributed by atoms with Gasteiger partial charge in [-0.2, -0.15) is 13.2 Å². The first-order valence-corrected chi connectivity index (χ1v) is 7.33. The van der Waals surface area contributed by atoms with E-state index in [9.17, 15) is 18.3 Å². The molecule has 4 nitrogen and oxygen atoms in total. The summed E-state index contributed by atoms with van der Waals surface area (Å²) in [5, 5.41) is 12.4. The van der Waals surface area contributed by atoms with Gasteiger partial charge in [-0.1, -0.05) is 29.8 Å². The van der Waals surface area contributed by atoms with Gasteiger partial charge >= 0.3 is 6.18 Å². The maximum absolute atomic E-state index is 13.1. The number of hydrogen-bond donors (Lipinski definition) is 2. The summed E-state index contributed by atoms with van der Waals surface area (Å²) in [5.74, 6) is 6.18. The number of benzene rings is 2. The van der Waals surface area contributed by atoms with Gasteiger partial charge in [-0.15, -0.1) is 0 Å². The van der Waals surface area contributed by atoms with Crippen molar-refractivity contribution in [2.24, 2.45) is 10.8 Å². The van der Waals surface area contributed by atoms with Crippen molar-refractivity contribution in [3.8, 4) is 0 Å². The van der Waals surface area contributed by atoms with Crippen molar-refractivity contribution in [2.75, 3.05) is 0 Å². The molecule has 3 rings (SSSR count). The molecule has 1 atom stereocenters. The van der Waals surface area contributed by atoms with E-state index in [0.717, 1.165) is 17.1 Å².